The van der Waals surface area contributed by atoms with E-state index in [1.165, 1.54) is 27.4 Å². The van der Waals surface area contributed by atoms with Gasteiger partial charge in [0.25, 0.3) is 11.8 Å². The van der Waals surface area contributed by atoms with Gasteiger partial charge in [-0.1, -0.05) is 64.6 Å². The Balaban J connectivity index is 1.34. The van der Waals surface area contributed by atoms with E-state index in [1.807, 2.05) is 12.1 Å². The summed E-state index contributed by atoms with van der Waals surface area (Å²) >= 11 is 0. The van der Waals surface area contributed by atoms with Crippen molar-refractivity contribution in [2.24, 2.45) is 11.3 Å². The molecular weight excluding hydrogens is 903 g/mol. The van der Waals surface area contributed by atoms with Gasteiger partial charge in [0, 0.05) is 69.6 Å². The van der Waals surface area contributed by atoms with E-state index in [-0.39, 0.29) is 44.8 Å². The molecule has 16 heteroatoms. The van der Waals surface area contributed by atoms with Crippen molar-refractivity contribution in [3.63, 3.8) is 0 Å². The van der Waals surface area contributed by atoms with E-state index in [1.54, 1.807) is 33.1 Å². The zero-order chi connectivity index (χ0) is 51.6. The first kappa shape index (κ1) is 52.9. The fourth-order valence-corrected chi connectivity index (χ4v) is 10.9. The molecule has 2 saturated heterocycles. The van der Waals surface area contributed by atoms with Crippen LogP contribution in [0.2, 0.25) is 0 Å². The molecule has 0 radical (unpaired) electrons. The summed E-state index contributed by atoms with van der Waals surface area (Å²) in [6, 6.07) is 15.7. The van der Waals surface area contributed by atoms with Crippen molar-refractivity contribution < 1.29 is 43.7 Å². The van der Waals surface area contributed by atoms with Crippen molar-refractivity contribution >= 4 is 40.8 Å². The average Bonchev–Trinajstić information content (AvgIpc) is 3.87. The lowest BCUT2D eigenvalue weighted by Crippen LogP contribution is -2.66. The van der Waals surface area contributed by atoms with Gasteiger partial charge in [0.15, 0.2) is 5.60 Å². The zero-order valence-corrected chi connectivity index (χ0v) is 43.0. The Bertz CT molecular complexity index is 2680. The van der Waals surface area contributed by atoms with E-state index < -0.39 is 58.2 Å². The lowest BCUT2D eigenvalue weighted by atomic mass is 9.83. The molecule has 1 unspecified atom stereocenters. The molecule has 1 aromatic heterocycles. The minimum absolute atomic E-state index is 0.0145. The molecular formula is C55H73N7O9. The summed E-state index contributed by atoms with van der Waals surface area (Å²) in [7, 11) is 7.26. The number of nitrogens with one attached hydrogen (secondary N) is 2. The summed E-state index contributed by atoms with van der Waals surface area (Å²) in [4.78, 5) is 73.9. The third kappa shape index (κ3) is 11.3. The van der Waals surface area contributed by atoms with E-state index >= 15 is 0 Å². The average molecular weight is 976 g/mol. The SMILES string of the molecule is C=CC(=O)N1CCC(O)(C(=O)N(C)[C@H](C(=O)N[C@H]2Cc3cc(O)cc(c3)-c3ccc4c(c3)c(c(-c3ccc(COC)cc3CN(C)C)n4CC)CC(C)(C)COC[C@@]3(C=O)CCCN(N3)C2=O)C(C)C)C1. The highest BCUT2D eigenvalue weighted by molar-refractivity contribution is 5.97. The molecule has 0 spiro atoms. The first-order valence-corrected chi connectivity index (χ1v) is 24.7. The van der Waals surface area contributed by atoms with Gasteiger partial charge in [-0.2, -0.15) is 0 Å². The van der Waals surface area contributed by atoms with Gasteiger partial charge in [-0.25, -0.2) is 5.43 Å². The molecule has 382 valence electrons. The quantitative estimate of drug-likeness (QED) is 0.102. The molecule has 4 N–H and O–H groups in total. The molecule has 16 nitrogen and oxygen atoms in total. The number of methoxy groups -OCH3 is 1. The van der Waals surface area contributed by atoms with Gasteiger partial charge in [-0.15, -0.1) is 0 Å². The number of hydrogen-bond donors (Lipinski definition) is 4. The van der Waals surface area contributed by atoms with Gasteiger partial charge in [0.1, 0.15) is 29.7 Å². The molecule has 4 atom stereocenters. The van der Waals surface area contributed by atoms with Crippen molar-refractivity contribution in [2.45, 2.75) is 110 Å². The number of aldehydes is 1. The molecule has 0 aliphatic carbocycles. The lowest BCUT2D eigenvalue weighted by Gasteiger charge is -2.42. The summed E-state index contributed by atoms with van der Waals surface area (Å²) in [5.41, 5.74) is 8.34. The largest absolute Gasteiger partial charge is 0.508 e. The first-order valence-electron chi connectivity index (χ1n) is 24.7. The van der Waals surface area contributed by atoms with Crippen molar-refractivity contribution in [2.75, 3.05) is 61.1 Å². The standard InChI is InChI=1S/C55H73N7O9/c1-11-47(65)60-21-19-55(69,31-60)52(68)59(9)48(35(3)4)50(66)56-45-25-37-23-39(26-41(64)24-37)38-15-17-46-43(27-38)44(28-53(5,6)33-71-34-54(32-63)18-13-20-62(57-54)51(45)67)49(61(46)12-2)42-16-14-36(30-70-10)22-40(42)29-58(7)8/h11,14-17,22-24,26-27,32,35,45,48,57,64,69H,1,12-13,18-21,25,28-31,33-34H2,2-10H3,(H,56,66)/t45-,48-,54-,55?/m0/s1. The van der Waals surface area contributed by atoms with Crippen LogP contribution in [-0.4, -0.2) is 149 Å². The van der Waals surface area contributed by atoms with E-state index in [4.69, 9.17) is 9.47 Å². The van der Waals surface area contributed by atoms with Crippen molar-refractivity contribution in [3.8, 4) is 28.1 Å². The smallest absolute Gasteiger partial charge is 0.259 e. The van der Waals surface area contributed by atoms with Crippen LogP contribution in [0.5, 0.6) is 5.75 Å². The Labute approximate surface area is 417 Å². The molecule has 4 amide bonds. The normalized spacial score (nSPS) is 22.1. The highest BCUT2D eigenvalue weighted by Gasteiger charge is 2.48. The summed E-state index contributed by atoms with van der Waals surface area (Å²) in [6.07, 6.45) is 3.33. The molecule has 3 aliphatic heterocycles. The molecule has 4 heterocycles. The van der Waals surface area contributed by atoms with E-state index in [0.29, 0.717) is 56.7 Å². The van der Waals surface area contributed by atoms with Crippen LogP contribution in [-0.2, 0) is 66.0 Å². The fraction of sp³-hybridized carbons (Fsp3) is 0.509. The van der Waals surface area contributed by atoms with Gasteiger partial charge >= 0.3 is 0 Å². The zero-order valence-electron chi connectivity index (χ0n) is 43.0. The number of carbonyl (C=O) groups is 5. The third-order valence-electron chi connectivity index (χ3n) is 14.2. The molecule has 71 heavy (non-hydrogen) atoms. The summed E-state index contributed by atoms with van der Waals surface area (Å²) in [5.74, 6) is -2.82. The minimum Gasteiger partial charge on any atom is -0.508 e. The molecule has 3 aromatic carbocycles. The number of likely N-dealkylation sites (N-methyl/N-ethyl adjacent to an activating group) is 1. The molecule has 6 bridgehead atoms. The van der Waals surface area contributed by atoms with Crippen LogP contribution < -0.4 is 10.7 Å². The number of benzene rings is 3. The topological polar surface area (TPSA) is 186 Å². The van der Waals surface area contributed by atoms with Crippen LogP contribution >= 0.6 is 0 Å². The number of hydrazine groups is 1. The molecule has 4 aromatic rings. The van der Waals surface area contributed by atoms with Crippen LogP contribution in [0.4, 0.5) is 0 Å². The number of aryl methyl sites for hydroxylation is 1. The minimum atomic E-state index is -1.93. The Hall–Kier alpha value is -5.91. The van der Waals surface area contributed by atoms with Gasteiger partial charge in [-0.3, -0.25) is 24.2 Å². The predicted octanol–water partition coefficient (Wildman–Crippen LogP) is 5.23. The van der Waals surface area contributed by atoms with Crippen molar-refractivity contribution in [1.82, 2.24) is 35.0 Å². The molecule has 2 fully saturated rings. The van der Waals surface area contributed by atoms with Crippen molar-refractivity contribution in [3.05, 3.63) is 89.5 Å². The predicted molar refractivity (Wildman–Crippen MR) is 273 cm³/mol. The number of β-amino-alcohol motifs (C(OH)–C–C–N with tert-alkyl or cyclic N) is 1. The highest BCUT2D eigenvalue weighted by Crippen LogP contribution is 2.42. The number of hydrogen-bond acceptors (Lipinski definition) is 11. The van der Waals surface area contributed by atoms with Gasteiger partial charge in [0.05, 0.1) is 32.1 Å². The number of aromatic hydroxyl groups is 1. The second-order valence-electron chi connectivity index (χ2n) is 21.3. The van der Waals surface area contributed by atoms with Gasteiger partial charge in [0.2, 0.25) is 11.8 Å². The Morgan fingerprint density at radius 1 is 1.03 bits per heavy atom. The molecule has 0 saturated carbocycles. The number of aromatic nitrogens is 1. The monoisotopic (exact) mass is 976 g/mol. The van der Waals surface area contributed by atoms with Gasteiger partial charge in [-0.05, 0) is 115 Å². The van der Waals surface area contributed by atoms with Crippen LogP contribution in [0.3, 0.4) is 0 Å². The highest BCUT2D eigenvalue weighted by atomic mass is 16.5. The van der Waals surface area contributed by atoms with Crippen LogP contribution in [0, 0.1) is 11.3 Å². The number of amides is 4. The number of phenolic OH excluding ortho intramolecular Hbond substituents is 1. The van der Waals surface area contributed by atoms with Crippen molar-refractivity contribution in [1.29, 1.82) is 0 Å². The molecule has 7 rings (SSSR count). The number of rotatable bonds is 13. The first-order chi connectivity index (χ1) is 33.6. The van der Waals surface area contributed by atoms with Crippen LogP contribution in [0.15, 0.2) is 67.3 Å². The van der Waals surface area contributed by atoms with Crippen LogP contribution in [0.1, 0.15) is 76.1 Å². The summed E-state index contributed by atoms with van der Waals surface area (Å²) < 4.78 is 14.5. The Morgan fingerprint density at radius 2 is 1.79 bits per heavy atom. The number of ether oxygens (including phenoxy) is 2. The second-order valence-corrected chi connectivity index (χ2v) is 21.3. The second kappa shape index (κ2) is 21.4. The Morgan fingerprint density at radius 3 is 2.46 bits per heavy atom. The summed E-state index contributed by atoms with van der Waals surface area (Å²) in [6.45, 7) is 15.8. The number of nitrogens with zero attached hydrogens (tertiary/aromatic N) is 5. The number of aliphatic hydroxyl groups is 1. The van der Waals surface area contributed by atoms with Gasteiger partial charge < -0.3 is 49.1 Å². The lowest BCUT2D eigenvalue weighted by molar-refractivity contribution is -0.156. The maximum atomic E-state index is 14.9. The summed E-state index contributed by atoms with van der Waals surface area (Å²) in [5, 5.41) is 28.3. The third-order valence-corrected chi connectivity index (χ3v) is 14.2. The van der Waals surface area contributed by atoms with E-state index in [9.17, 15) is 34.2 Å². The maximum Gasteiger partial charge on any atom is 0.259 e. The number of likely N-dealkylation sites (tertiary alicyclic amines) is 1. The number of fused-ring (bicyclic) bond motifs is 6. The Kier molecular flexibility index (Phi) is 16.0. The maximum absolute atomic E-state index is 14.9. The number of phenols is 1. The fourth-order valence-electron chi connectivity index (χ4n) is 10.9. The van der Waals surface area contributed by atoms with Crippen LogP contribution in [0.25, 0.3) is 33.3 Å². The van der Waals surface area contributed by atoms with E-state index in [2.05, 4.69) is 92.0 Å². The number of carbonyl (C=O) groups excluding carboxylic acids is 5. The molecule has 3 aliphatic rings. The van der Waals surface area contributed by atoms with E-state index in [0.717, 1.165) is 51.2 Å².